The molecule has 15 nitrogen and oxygen atoms in total. The number of thioether (sulfide) groups is 1. The summed E-state index contributed by atoms with van der Waals surface area (Å²) >= 11 is 1.36. The highest BCUT2D eigenvalue weighted by atomic mass is 32.2. The molecule has 0 aliphatic carbocycles. The van der Waals surface area contributed by atoms with Crippen LogP contribution in [0.3, 0.4) is 0 Å². The van der Waals surface area contributed by atoms with Gasteiger partial charge in [-0.1, -0.05) is 0 Å². The van der Waals surface area contributed by atoms with E-state index in [-0.39, 0.29) is 38.5 Å². The Bertz CT molecular complexity index is 825. The van der Waals surface area contributed by atoms with E-state index < -0.39 is 72.1 Å². The van der Waals surface area contributed by atoms with Crippen molar-refractivity contribution in [3.8, 4) is 0 Å². The summed E-state index contributed by atoms with van der Waals surface area (Å²) in [5.41, 5.74) is 15.8. The van der Waals surface area contributed by atoms with Gasteiger partial charge in [-0.05, 0) is 37.7 Å². The number of carbonyl (C=O) groups excluding carboxylic acids is 5. The molecule has 0 bridgehead atoms. The molecule has 16 heteroatoms. The Morgan fingerprint density at radius 1 is 0.694 bits per heavy atom. The molecule has 0 saturated heterocycles. The number of carbonyl (C=O) groups is 7. The third-order valence-electron chi connectivity index (χ3n) is 4.86. The number of rotatable bonds is 19. The zero-order valence-electron chi connectivity index (χ0n) is 19.9. The standard InChI is InChI=1S/C20H34N6O9S/c1-36-9-8-13(20(34)35)26-19(33)11(3-6-15(23)28)25-18(32)12(4-7-16(29)30)24-17(31)10(21)2-5-14(22)27/h10-13H,2-9,21H2,1H3,(H2,22,27)(H2,23,28)(H,24,31)(H,25,32)(H,26,33)(H,29,30)(H,34,35). The Morgan fingerprint density at radius 2 is 1.14 bits per heavy atom. The van der Waals surface area contributed by atoms with Crippen LogP contribution in [-0.2, 0) is 33.6 Å². The summed E-state index contributed by atoms with van der Waals surface area (Å²) in [6, 6.07) is -5.33. The number of primary amides is 2. The van der Waals surface area contributed by atoms with E-state index in [9.17, 15) is 38.7 Å². The Hall–Kier alpha value is -3.40. The molecule has 4 atom stereocenters. The van der Waals surface area contributed by atoms with Crippen molar-refractivity contribution in [2.24, 2.45) is 17.2 Å². The van der Waals surface area contributed by atoms with Gasteiger partial charge < -0.3 is 43.4 Å². The van der Waals surface area contributed by atoms with Gasteiger partial charge in [0.15, 0.2) is 0 Å². The second-order valence-electron chi connectivity index (χ2n) is 7.85. The molecule has 0 heterocycles. The number of amides is 5. The molecule has 5 amide bonds. The summed E-state index contributed by atoms with van der Waals surface area (Å²) < 4.78 is 0. The van der Waals surface area contributed by atoms with E-state index in [2.05, 4.69) is 16.0 Å². The van der Waals surface area contributed by atoms with Crippen molar-refractivity contribution in [2.45, 2.75) is 69.1 Å². The average molecular weight is 535 g/mol. The predicted octanol–water partition coefficient (Wildman–Crippen LogP) is -3.00. The molecule has 0 saturated carbocycles. The van der Waals surface area contributed by atoms with Crippen molar-refractivity contribution >= 4 is 53.2 Å². The van der Waals surface area contributed by atoms with Crippen molar-refractivity contribution < 1.29 is 43.8 Å². The molecule has 11 N–H and O–H groups in total. The van der Waals surface area contributed by atoms with Crippen LogP contribution in [0, 0.1) is 0 Å². The van der Waals surface area contributed by atoms with Crippen molar-refractivity contribution in [3.63, 3.8) is 0 Å². The normalized spacial score (nSPS) is 13.9. The third kappa shape index (κ3) is 14.1. The van der Waals surface area contributed by atoms with Crippen molar-refractivity contribution in [1.29, 1.82) is 0 Å². The number of hydrogen-bond donors (Lipinski definition) is 8. The van der Waals surface area contributed by atoms with Gasteiger partial charge in [-0.15, -0.1) is 0 Å². The Labute approximate surface area is 211 Å². The Balaban J connectivity index is 5.59. The van der Waals surface area contributed by atoms with Gasteiger partial charge in [0.2, 0.25) is 29.5 Å². The van der Waals surface area contributed by atoms with Gasteiger partial charge in [-0.3, -0.25) is 28.8 Å². The highest BCUT2D eigenvalue weighted by Crippen LogP contribution is 2.06. The molecular weight excluding hydrogens is 500 g/mol. The maximum absolute atomic E-state index is 12.9. The van der Waals surface area contributed by atoms with Crippen molar-refractivity contribution in [2.75, 3.05) is 12.0 Å². The van der Waals surface area contributed by atoms with Crippen LogP contribution in [0.1, 0.15) is 44.9 Å². The van der Waals surface area contributed by atoms with Crippen LogP contribution >= 0.6 is 11.8 Å². The molecule has 4 unspecified atom stereocenters. The van der Waals surface area contributed by atoms with E-state index in [1.54, 1.807) is 6.26 Å². The largest absolute Gasteiger partial charge is 0.481 e. The molecule has 0 rings (SSSR count). The molecule has 36 heavy (non-hydrogen) atoms. The second kappa shape index (κ2) is 17.1. The van der Waals surface area contributed by atoms with Crippen LogP contribution in [0.4, 0.5) is 0 Å². The number of nitrogens with one attached hydrogen (secondary N) is 3. The monoisotopic (exact) mass is 534 g/mol. The van der Waals surface area contributed by atoms with Crippen LogP contribution < -0.4 is 33.2 Å². The smallest absolute Gasteiger partial charge is 0.326 e. The Kier molecular flexibility index (Phi) is 15.5. The number of hydrogen-bond acceptors (Lipinski definition) is 9. The number of carboxylic acid groups (broad SMARTS) is 2. The lowest BCUT2D eigenvalue weighted by atomic mass is 10.1. The number of carboxylic acids is 2. The fourth-order valence-electron chi connectivity index (χ4n) is 2.84. The molecule has 0 aliphatic rings. The summed E-state index contributed by atoms with van der Waals surface area (Å²) in [6.45, 7) is 0. The van der Waals surface area contributed by atoms with Crippen LogP contribution in [0.15, 0.2) is 0 Å². The van der Waals surface area contributed by atoms with E-state index in [0.29, 0.717) is 5.75 Å². The van der Waals surface area contributed by atoms with Crippen molar-refractivity contribution in [1.82, 2.24) is 16.0 Å². The predicted molar refractivity (Wildman–Crippen MR) is 128 cm³/mol. The molecule has 0 fully saturated rings. The molecule has 0 aliphatic heterocycles. The lowest BCUT2D eigenvalue weighted by Gasteiger charge is -2.25. The average Bonchev–Trinajstić information content (AvgIpc) is 2.79. The highest BCUT2D eigenvalue weighted by molar-refractivity contribution is 7.98. The molecule has 204 valence electrons. The van der Waals surface area contributed by atoms with Crippen molar-refractivity contribution in [3.05, 3.63) is 0 Å². The minimum Gasteiger partial charge on any atom is -0.481 e. The maximum Gasteiger partial charge on any atom is 0.326 e. The van der Waals surface area contributed by atoms with E-state index in [1.165, 1.54) is 11.8 Å². The molecule has 0 aromatic rings. The number of nitrogens with two attached hydrogens (primary N) is 3. The lowest BCUT2D eigenvalue weighted by Crippen LogP contribution is -2.57. The number of aliphatic carboxylic acids is 2. The van der Waals surface area contributed by atoms with Crippen LogP contribution in [0.25, 0.3) is 0 Å². The molecule has 0 spiro atoms. The summed E-state index contributed by atoms with van der Waals surface area (Å²) in [7, 11) is 0. The zero-order valence-corrected chi connectivity index (χ0v) is 20.7. The fourth-order valence-corrected chi connectivity index (χ4v) is 3.31. The van der Waals surface area contributed by atoms with Crippen LogP contribution in [-0.4, -0.2) is 87.9 Å². The van der Waals surface area contributed by atoms with Gasteiger partial charge >= 0.3 is 11.9 Å². The van der Waals surface area contributed by atoms with Gasteiger partial charge in [0.1, 0.15) is 18.1 Å². The molecule has 0 radical (unpaired) electrons. The van der Waals surface area contributed by atoms with Gasteiger partial charge in [0.25, 0.3) is 0 Å². The summed E-state index contributed by atoms with van der Waals surface area (Å²) in [5.74, 6) is -6.34. The first-order valence-corrected chi connectivity index (χ1v) is 12.3. The summed E-state index contributed by atoms with van der Waals surface area (Å²) in [4.78, 5) is 82.6. The maximum atomic E-state index is 12.9. The zero-order chi connectivity index (χ0) is 27.8. The summed E-state index contributed by atoms with van der Waals surface area (Å²) in [6.07, 6.45) is 0.0293. The van der Waals surface area contributed by atoms with Gasteiger partial charge in [0, 0.05) is 19.3 Å². The van der Waals surface area contributed by atoms with E-state index in [1.807, 2.05) is 0 Å². The minimum atomic E-state index is -1.44. The van der Waals surface area contributed by atoms with Crippen LogP contribution in [0.5, 0.6) is 0 Å². The van der Waals surface area contributed by atoms with Crippen LogP contribution in [0.2, 0.25) is 0 Å². The SMILES string of the molecule is CSCCC(NC(=O)C(CCC(N)=O)NC(=O)C(CCC(=O)O)NC(=O)C(N)CCC(N)=O)C(=O)O. The fraction of sp³-hybridized carbons (Fsp3) is 0.650. The third-order valence-corrected chi connectivity index (χ3v) is 5.50. The Morgan fingerprint density at radius 3 is 1.58 bits per heavy atom. The second-order valence-corrected chi connectivity index (χ2v) is 8.84. The van der Waals surface area contributed by atoms with E-state index >= 15 is 0 Å². The van der Waals surface area contributed by atoms with Gasteiger partial charge in [-0.25, -0.2) is 4.79 Å². The lowest BCUT2D eigenvalue weighted by molar-refractivity contribution is -0.142. The topological polar surface area (TPSA) is 274 Å². The van der Waals surface area contributed by atoms with Gasteiger partial charge in [0.05, 0.1) is 6.04 Å². The molecule has 0 aromatic carbocycles. The summed E-state index contributed by atoms with van der Waals surface area (Å²) in [5, 5.41) is 25.2. The first-order valence-electron chi connectivity index (χ1n) is 10.9. The first kappa shape index (κ1) is 32.6. The molecular formula is C20H34N6O9S. The molecule has 0 aromatic heterocycles. The minimum absolute atomic E-state index is 0.0964. The first-order chi connectivity index (χ1) is 16.8. The van der Waals surface area contributed by atoms with E-state index in [4.69, 9.17) is 22.3 Å². The quantitative estimate of drug-likeness (QED) is 0.0826. The van der Waals surface area contributed by atoms with E-state index in [0.717, 1.165) is 0 Å². The highest BCUT2D eigenvalue weighted by Gasteiger charge is 2.30. The van der Waals surface area contributed by atoms with Gasteiger partial charge in [-0.2, -0.15) is 11.8 Å².